The van der Waals surface area contributed by atoms with E-state index < -0.39 is 0 Å². The second-order valence-corrected chi connectivity index (χ2v) is 8.56. The molecular formula is C18H23Cl5N6O4. The number of nitrogens with one attached hydrogen (secondary N) is 1. The number of aliphatic hydroxyl groups excluding tert-OH is 2. The molecule has 184 valence electrons. The number of hydrogen-bond acceptors (Lipinski definition) is 10. The summed E-state index contributed by atoms with van der Waals surface area (Å²) in [6, 6.07) is 3.12. The van der Waals surface area contributed by atoms with Gasteiger partial charge in [-0.3, -0.25) is 0 Å². The highest BCUT2D eigenvalue weighted by Crippen LogP contribution is 2.28. The lowest BCUT2D eigenvalue weighted by Gasteiger charge is -2.36. The summed E-state index contributed by atoms with van der Waals surface area (Å²) in [5.41, 5.74) is 0.684. The van der Waals surface area contributed by atoms with Gasteiger partial charge in [0.05, 0.1) is 62.4 Å². The first-order valence-corrected chi connectivity index (χ1v) is 11.6. The maximum atomic E-state index is 9.25. The molecule has 2 aliphatic heterocycles. The van der Waals surface area contributed by atoms with E-state index in [0.717, 1.165) is 13.2 Å². The third-order valence-electron chi connectivity index (χ3n) is 4.34. The highest BCUT2D eigenvalue weighted by atomic mass is 35.5. The first kappa shape index (κ1) is 28.4. The van der Waals surface area contributed by atoms with Gasteiger partial charge in [0.25, 0.3) is 0 Å². The van der Waals surface area contributed by atoms with E-state index in [2.05, 4.69) is 25.7 Å². The Bertz CT molecular complexity index is 865. The van der Waals surface area contributed by atoms with Crippen LogP contribution in [0.2, 0.25) is 25.6 Å². The van der Waals surface area contributed by atoms with Gasteiger partial charge in [0.15, 0.2) is 20.6 Å². The van der Waals surface area contributed by atoms with Crippen LogP contribution in [0.3, 0.4) is 0 Å². The number of halogens is 5. The summed E-state index contributed by atoms with van der Waals surface area (Å²) in [6.45, 7) is 4.17. The van der Waals surface area contributed by atoms with Gasteiger partial charge in [0.1, 0.15) is 0 Å². The first-order chi connectivity index (χ1) is 15.8. The zero-order valence-electron chi connectivity index (χ0n) is 17.3. The monoisotopic (exact) mass is 562 g/mol. The van der Waals surface area contributed by atoms with Crippen molar-refractivity contribution in [2.24, 2.45) is 0 Å². The molecule has 2 aromatic heterocycles. The van der Waals surface area contributed by atoms with E-state index in [1.165, 1.54) is 6.07 Å². The number of nitrogens with zero attached hydrogens (tertiary/aromatic N) is 5. The van der Waals surface area contributed by atoms with Gasteiger partial charge in [-0.1, -0.05) is 58.0 Å². The Labute approximate surface area is 216 Å². The van der Waals surface area contributed by atoms with Crippen molar-refractivity contribution in [1.29, 1.82) is 0 Å². The minimum Gasteiger partial charge on any atom is -0.395 e. The summed E-state index contributed by atoms with van der Waals surface area (Å²) in [4.78, 5) is 1.94. The van der Waals surface area contributed by atoms with Gasteiger partial charge >= 0.3 is 0 Å². The number of morpholine rings is 2. The fourth-order valence-corrected chi connectivity index (χ4v) is 3.52. The molecule has 2 aromatic rings. The van der Waals surface area contributed by atoms with Crippen LogP contribution in [0.25, 0.3) is 0 Å². The quantitative estimate of drug-likeness (QED) is 0.512. The van der Waals surface area contributed by atoms with E-state index in [9.17, 15) is 5.11 Å². The summed E-state index contributed by atoms with van der Waals surface area (Å²) in [7, 11) is 0. The second-order valence-electron chi connectivity index (χ2n) is 6.66. The first-order valence-electron chi connectivity index (χ1n) is 9.75. The van der Waals surface area contributed by atoms with Gasteiger partial charge in [0, 0.05) is 19.2 Å². The smallest absolute Gasteiger partial charge is 0.175 e. The number of ether oxygens (including phenoxy) is 2. The molecule has 33 heavy (non-hydrogen) atoms. The predicted octanol–water partition coefficient (Wildman–Crippen LogP) is 2.38. The van der Waals surface area contributed by atoms with E-state index in [4.69, 9.17) is 72.6 Å². The summed E-state index contributed by atoms with van der Waals surface area (Å²) in [6.07, 6.45) is 0. The minimum absolute atomic E-state index is 0.00370. The Kier molecular flexibility index (Phi) is 13.2. The molecule has 10 nitrogen and oxygen atoms in total. The lowest BCUT2D eigenvalue weighted by atomic mass is 10.2. The van der Waals surface area contributed by atoms with Crippen LogP contribution in [0, 0.1) is 0 Å². The average Bonchev–Trinajstić information content (AvgIpc) is 2.84. The van der Waals surface area contributed by atoms with Gasteiger partial charge in [-0.15, -0.1) is 20.4 Å². The Morgan fingerprint density at radius 1 is 0.879 bits per heavy atom. The van der Waals surface area contributed by atoms with Crippen LogP contribution < -0.4 is 10.2 Å². The normalized spacial score (nSPS) is 20.3. The maximum absolute atomic E-state index is 9.25. The highest BCUT2D eigenvalue weighted by molar-refractivity contribution is 6.42. The summed E-state index contributed by atoms with van der Waals surface area (Å²) < 4.78 is 10.3. The molecule has 15 heteroatoms. The van der Waals surface area contributed by atoms with Crippen LogP contribution in [-0.4, -0.2) is 95.4 Å². The number of aliphatic hydroxyl groups is 2. The van der Waals surface area contributed by atoms with Crippen LogP contribution in [-0.2, 0) is 9.47 Å². The molecule has 0 radical (unpaired) electrons. The molecule has 0 aliphatic carbocycles. The largest absolute Gasteiger partial charge is 0.395 e. The SMILES string of the molecule is Clc1cc(Cl)c(Cl)nn1.OCC1COCCN1.OCC1COCCN1c1cc(Cl)nnc1Cl. The third kappa shape index (κ3) is 9.77. The lowest BCUT2D eigenvalue weighted by Crippen LogP contribution is -2.47. The molecule has 3 N–H and O–H groups in total. The third-order valence-corrected chi connectivity index (χ3v) is 5.65. The molecular weight excluding hydrogens is 542 g/mol. The Morgan fingerprint density at radius 3 is 2.09 bits per heavy atom. The molecule has 2 unspecified atom stereocenters. The Balaban J connectivity index is 0.000000192. The van der Waals surface area contributed by atoms with Gasteiger partial charge in [-0.2, -0.15) is 0 Å². The van der Waals surface area contributed by atoms with Crippen LogP contribution in [0.1, 0.15) is 0 Å². The highest BCUT2D eigenvalue weighted by Gasteiger charge is 2.25. The van der Waals surface area contributed by atoms with Crippen molar-refractivity contribution in [2.75, 3.05) is 57.6 Å². The average molecular weight is 565 g/mol. The van der Waals surface area contributed by atoms with Crippen LogP contribution in [0.15, 0.2) is 12.1 Å². The number of aromatic nitrogens is 4. The molecule has 4 rings (SSSR count). The van der Waals surface area contributed by atoms with Crippen molar-refractivity contribution in [2.45, 2.75) is 12.1 Å². The molecule has 0 spiro atoms. The van der Waals surface area contributed by atoms with Crippen molar-refractivity contribution in [3.8, 4) is 0 Å². The molecule has 0 amide bonds. The van der Waals surface area contributed by atoms with E-state index in [1.54, 1.807) is 6.07 Å². The Morgan fingerprint density at radius 2 is 1.55 bits per heavy atom. The fourth-order valence-electron chi connectivity index (χ4n) is 2.74. The zero-order valence-corrected chi connectivity index (χ0v) is 21.1. The molecule has 0 saturated carbocycles. The van der Waals surface area contributed by atoms with Gasteiger partial charge < -0.3 is 29.9 Å². The lowest BCUT2D eigenvalue weighted by molar-refractivity contribution is 0.0550. The standard InChI is InChI=1S/C9H11Cl2N3O2.C5H11NO2.C4HCl3N2/c10-8-3-7(9(11)13-12-8)14-1-2-16-5-6(14)4-15;7-3-5-4-8-2-1-6-5;5-2-1-3(6)8-9-4(2)7/h3,6,15H,1-2,4-5H2;5-7H,1-4H2;1H. The van der Waals surface area contributed by atoms with Crippen molar-refractivity contribution in [1.82, 2.24) is 25.7 Å². The summed E-state index contributed by atoms with van der Waals surface area (Å²) in [5.74, 6) is 0. The molecule has 2 aliphatic rings. The molecule has 2 saturated heterocycles. The van der Waals surface area contributed by atoms with E-state index >= 15 is 0 Å². The molecule has 0 aromatic carbocycles. The van der Waals surface area contributed by atoms with Crippen LogP contribution in [0.5, 0.6) is 0 Å². The molecule has 4 heterocycles. The van der Waals surface area contributed by atoms with E-state index in [0.29, 0.717) is 37.1 Å². The maximum Gasteiger partial charge on any atom is 0.175 e. The molecule has 0 bridgehead atoms. The topological polar surface area (TPSA) is 126 Å². The second kappa shape index (κ2) is 15.3. The summed E-state index contributed by atoms with van der Waals surface area (Å²) >= 11 is 28.0. The van der Waals surface area contributed by atoms with Gasteiger partial charge in [-0.05, 0) is 6.07 Å². The number of rotatable bonds is 3. The number of hydrogen-bond donors (Lipinski definition) is 3. The van der Waals surface area contributed by atoms with Crippen molar-refractivity contribution in [3.63, 3.8) is 0 Å². The number of anilines is 1. The Hall–Kier alpha value is -0.790. The molecule has 2 fully saturated rings. The van der Waals surface area contributed by atoms with E-state index in [1.807, 2.05) is 4.90 Å². The minimum atomic E-state index is -0.119. The van der Waals surface area contributed by atoms with Gasteiger partial charge in [-0.25, -0.2) is 0 Å². The van der Waals surface area contributed by atoms with Crippen LogP contribution >= 0.6 is 58.0 Å². The zero-order chi connectivity index (χ0) is 24.2. The fraction of sp³-hybridized carbons (Fsp3) is 0.556. The van der Waals surface area contributed by atoms with Gasteiger partial charge in [0.2, 0.25) is 0 Å². The van der Waals surface area contributed by atoms with Crippen LogP contribution in [0.4, 0.5) is 5.69 Å². The van der Waals surface area contributed by atoms with Crippen molar-refractivity contribution >= 4 is 63.7 Å². The molecule has 2 atom stereocenters. The predicted molar refractivity (Wildman–Crippen MR) is 128 cm³/mol. The summed E-state index contributed by atoms with van der Waals surface area (Å²) in [5, 5.41) is 36.4. The van der Waals surface area contributed by atoms with E-state index in [-0.39, 0.29) is 45.9 Å². The van der Waals surface area contributed by atoms with Crippen molar-refractivity contribution < 1.29 is 19.7 Å². The van der Waals surface area contributed by atoms with Crippen molar-refractivity contribution in [3.05, 3.63) is 37.8 Å².